The second-order valence-electron chi connectivity index (χ2n) is 5.94. The van der Waals surface area contributed by atoms with Gasteiger partial charge in [-0.1, -0.05) is 6.92 Å². The third-order valence-electron chi connectivity index (χ3n) is 4.55. The topological polar surface area (TPSA) is 57.9 Å². The first-order valence-electron chi connectivity index (χ1n) is 8.03. The Morgan fingerprint density at radius 2 is 1.78 bits per heavy atom. The van der Waals surface area contributed by atoms with Gasteiger partial charge in [-0.05, 0) is 25.5 Å². The molecule has 23 heavy (non-hydrogen) atoms. The molecule has 6 heteroatoms. The van der Waals surface area contributed by atoms with E-state index >= 15 is 0 Å². The number of imidazole rings is 1. The number of rotatable bonds is 2. The van der Waals surface area contributed by atoms with Gasteiger partial charge in [0.2, 0.25) is 5.91 Å². The van der Waals surface area contributed by atoms with Gasteiger partial charge in [-0.15, -0.1) is 0 Å². The number of fused-ring (bicyclic) bond motifs is 1. The summed E-state index contributed by atoms with van der Waals surface area (Å²) in [5, 5.41) is 0. The highest BCUT2D eigenvalue weighted by atomic mass is 16.2. The van der Waals surface area contributed by atoms with Crippen molar-refractivity contribution in [2.75, 3.05) is 26.2 Å². The summed E-state index contributed by atoms with van der Waals surface area (Å²) in [7, 11) is 0. The summed E-state index contributed by atoms with van der Waals surface area (Å²) in [6.07, 6.45) is 2.75. The summed E-state index contributed by atoms with van der Waals surface area (Å²) in [5.74, 6) is 0.0842. The first-order chi connectivity index (χ1) is 11.0. The molecule has 0 spiro atoms. The molecule has 122 valence electrons. The van der Waals surface area contributed by atoms with Crippen molar-refractivity contribution in [2.24, 2.45) is 0 Å². The Hall–Kier alpha value is -2.37. The Bertz CT molecular complexity index is 757. The molecule has 6 nitrogen and oxygen atoms in total. The van der Waals surface area contributed by atoms with Crippen LogP contribution in [0.5, 0.6) is 0 Å². The highest BCUT2D eigenvalue weighted by Gasteiger charge is 2.23. The zero-order chi connectivity index (χ0) is 16.6. The van der Waals surface area contributed by atoms with Gasteiger partial charge < -0.3 is 14.2 Å². The Morgan fingerprint density at radius 1 is 1.13 bits per heavy atom. The third kappa shape index (κ3) is 2.81. The number of amides is 2. The molecule has 1 aliphatic rings. The highest BCUT2D eigenvalue weighted by molar-refractivity contribution is 5.94. The molecular formula is C17H22N4O2. The van der Waals surface area contributed by atoms with Crippen LogP contribution in [0.15, 0.2) is 18.3 Å². The van der Waals surface area contributed by atoms with Crippen molar-refractivity contribution >= 4 is 17.5 Å². The fourth-order valence-corrected chi connectivity index (χ4v) is 3.08. The first kappa shape index (κ1) is 15.5. The van der Waals surface area contributed by atoms with Crippen molar-refractivity contribution in [3.63, 3.8) is 0 Å². The average molecular weight is 314 g/mol. The van der Waals surface area contributed by atoms with Crippen LogP contribution in [0.2, 0.25) is 0 Å². The van der Waals surface area contributed by atoms with Gasteiger partial charge in [-0.2, -0.15) is 0 Å². The number of nitrogens with zero attached hydrogens (tertiary/aromatic N) is 4. The quantitative estimate of drug-likeness (QED) is 0.844. The van der Waals surface area contributed by atoms with Gasteiger partial charge in [0.25, 0.3) is 5.91 Å². The SMILES string of the molecule is CCc1nc2ccc(C(=O)N3CCN(C(C)=O)CC3)cn2c1C. The maximum Gasteiger partial charge on any atom is 0.255 e. The maximum absolute atomic E-state index is 12.7. The summed E-state index contributed by atoms with van der Waals surface area (Å²) >= 11 is 0. The van der Waals surface area contributed by atoms with Gasteiger partial charge in [0, 0.05) is 45.0 Å². The van der Waals surface area contributed by atoms with Crippen molar-refractivity contribution in [1.29, 1.82) is 0 Å². The lowest BCUT2D eigenvalue weighted by molar-refractivity contribution is -0.130. The van der Waals surface area contributed by atoms with Crippen molar-refractivity contribution in [3.8, 4) is 0 Å². The maximum atomic E-state index is 12.7. The van der Waals surface area contributed by atoms with Crippen LogP contribution < -0.4 is 0 Å². The van der Waals surface area contributed by atoms with Crippen molar-refractivity contribution < 1.29 is 9.59 Å². The number of hydrogen-bond acceptors (Lipinski definition) is 3. The van der Waals surface area contributed by atoms with E-state index in [9.17, 15) is 9.59 Å². The van der Waals surface area contributed by atoms with Crippen LogP contribution in [0, 0.1) is 6.92 Å². The van der Waals surface area contributed by atoms with Crippen molar-refractivity contribution in [1.82, 2.24) is 19.2 Å². The molecule has 2 aromatic rings. The lowest BCUT2D eigenvalue weighted by atomic mass is 10.2. The molecular weight excluding hydrogens is 292 g/mol. The van der Waals surface area contributed by atoms with E-state index in [2.05, 4.69) is 11.9 Å². The average Bonchev–Trinajstić information content (AvgIpc) is 2.90. The number of carbonyl (C=O) groups is 2. The standard InChI is InChI=1S/C17H22N4O2/c1-4-15-12(2)21-11-14(5-6-16(21)18-15)17(23)20-9-7-19(8-10-20)13(3)22/h5-6,11H,4,7-10H2,1-3H3. The summed E-state index contributed by atoms with van der Waals surface area (Å²) in [4.78, 5) is 32.2. The molecule has 1 saturated heterocycles. The fraction of sp³-hybridized carbons (Fsp3) is 0.471. The minimum Gasteiger partial charge on any atom is -0.339 e. The number of pyridine rings is 1. The minimum absolute atomic E-state index is 0.0150. The van der Waals surface area contributed by atoms with Crippen LogP contribution >= 0.6 is 0 Å². The van der Waals surface area contributed by atoms with E-state index < -0.39 is 0 Å². The zero-order valence-electron chi connectivity index (χ0n) is 13.9. The molecule has 0 radical (unpaired) electrons. The second-order valence-corrected chi connectivity index (χ2v) is 5.94. The van der Waals surface area contributed by atoms with Crippen molar-refractivity contribution in [2.45, 2.75) is 27.2 Å². The smallest absolute Gasteiger partial charge is 0.255 e. The molecule has 0 bridgehead atoms. The van der Waals surface area contributed by atoms with Crippen LogP contribution in [0.4, 0.5) is 0 Å². The number of hydrogen-bond donors (Lipinski definition) is 0. The molecule has 0 atom stereocenters. The van der Waals surface area contributed by atoms with Gasteiger partial charge >= 0.3 is 0 Å². The lowest BCUT2D eigenvalue weighted by Gasteiger charge is -2.34. The molecule has 3 rings (SSSR count). The van der Waals surface area contributed by atoms with E-state index in [-0.39, 0.29) is 11.8 Å². The highest BCUT2D eigenvalue weighted by Crippen LogP contribution is 2.15. The first-order valence-corrected chi connectivity index (χ1v) is 8.03. The molecule has 2 amide bonds. The zero-order valence-corrected chi connectivity index (χ0v) is 13.9. The van der Waals surface area contributed by atoms with Crippen molar-refractivity contribution in [3.05, 3.63) is 35.3 Å². The molecule has 0 unspecified atom stereocenters. The predicted molar refractivity (Wildman–Crippen MR) is 87.5 cm³/mol. The number of aromatic nitrogens is 2. The summed E-state index contributed by atoms with van der Waals surface area (Å²) in [6, 6.07) is 3.73. The van der Waals surface area contributed by atoms with Crippen LogP contribution in [0.25, 0.3) is 5.65 Å². The molecule has 3 heterocycles. The monoisotopic (exact) mass is 314 g/mol. The predicted octanol–water partition coefficient (Wildman–Crippen LogP) is 1.51. The van der Waals surface area contributed by atoms with Gasteiger partial charge in [0.05, 0.1) is 11.3 Å². The Labute approximate surface area is 135 Å². The lowest BCUT2D eigenvalue weighted by Crippen LogP contribution is -2.50. The molecule has 1 aliphatic heterocycles. The molecule has 0 N–H and O–H groups in total. The van der Waals surface area contributed by atoms with Gasteiger partial charge in [0.1, 0.15) is 5.65 Å². The summed E-state index contributed by atoms with van der Waals surface area (Å²) in [5.41, 5.74) is 3.68. The van der Waals surface area contributed by atoms with Gasteiger partial charge in [-0.3, -0.25) is 9.59 Å². The fourth-order valence-electron chi connectivity index (χ4n) is 3.08. The number of piperazine rings is 1. The van der Waals surface area contributed by atoms with Gasteiger partial charge in [-0.25, -0.2) is 4.98 Å². The Morgan fingerprint density at radius 3 is 2.39 bits per heavy atom. The molecule has 0 aromatic carbocycles. The molecule has 1 fully saturated rings. The number of aryl methyl sites for hydroxylation is 2. The van der Waals surface area contributed by atoms with E-state index in [1.165, 1.54) is 0 Å². The Kier molecular flexibility index (Phi) is 4.07. The van der Waals surface area contributed by atoms with E-state index in [1.54, 1.807) is 11.8 Å². The third-order valence-corrected chi connectivity index (χ3v) is 4.55. The molecule has 2 aromatic heterocycles. The minimum atomic E-state index is 0.0150. The van der Waals surface area contributed by atoms with Crippen LogP contribution in [-0.2, 0) is 11.2 Å². The van der Waals surface area contributed by atoms with Crippen LogP contribution in [0.3, 0.4) is 0 Å². The van der Waals surface area contributed by atoms with Gasteiger partial charge in [0.15, 0.2) is 0 Å². The molecule has 0 aliphatic carbocycles. The van der Waals surface area contributed by atoms with E-state index in [1.807, 2.05) is 34.6 Å². The van der Waals surface area contributed by atoms with E-state index in [4.69, 9.17) is 0 Å². The van der Waals surface area contributed by atoms with Crippen LogP contribution in [0.1, 0.15) is 35.6 Å². The molecule has 0 saturated carbocycles. The second kappa shape index (κ2) is 6.02. The van der Waals surface area contributed by atoms with E-state index in [0.29, 0.717) is 31.7 Å². The number of carbonyl (C=O) groups excluding carboxylic acids is 2. The Balaban J connectivity index is 1.81. The summed E-state index contributed by atoms with van der Waals surface area (Å²) in [6.45, 7) is 8.05. The largest absolute Gasteiger partial charge is 0.339 e. The normalized spacial score (nSPS) is 15.3. The summed E-state index contributed by atoms with van der Waals surface area (Å²) < 4.78 is 1.98. The van der Waals surface area contributed by atoms with Crippen LogP contribution in [-0.4, -0.2) is 57.2 Å². The van der Waals surface area contributed by atoms with E-state index in [0.717, 1.165) is 23.5 Å².